The first-order valence-electron chi connectivity index (χ1n) is 10.4. The van der Waals surface area contributed by atoms with Crippen LogP contribution in [0.1, 0.15) is 36.8 Å². The van der Waals surface area contributed by atoms with E-state index in [0.717, 1.165) is 43.0 Å². The molecule has 1 heterocycles. The molecule has 0 spiro atoms. The molecule has 154 valence electrons. The summed E-state index contributed by atoms with van der Waals surface area (Å²) in [6, 6.07) is 15.2. The maximum atomic E-state index is 5.59. The number of hydrogen-bond acceptors (Lipinski definition) is 5. The lowest BCUT2D eigenvalue weighted by Gasteiger charge is -2.42. The van der Waals surface area contributed by atoms with Crippen LogP contribution >= 0.6 is 0 Å². The number of para-hydroxylation sites is 1. The zero-order valence-corrected chi connectivity index (χ0v) is 17.9. The molecule has 4 rings (SSSR count). The Balaban J connectivity index is 1.59. The molecule has 0 bridgehead atoms. The van der Waals surface area contributed by atoms with Gasteiger partial charge in [0.2, 0.25) is 0 Å². The number of hydrogen-bond donors (Lipinski definition) is 1. The van der Waals surface area contributed by atoms with Gasteiger partial charge in [-0.1, -0.05) is 24.3 Å². The van der Waals surface area contributed by atoms with Gasteiger partial charge in [-0.3, -0.25) is 5.43 Å². The van der Waals surface area contributed by atoms with Crippen LogP contribution in [0.4, 0.5) is 5.69 Å². The maximum absolute atomic E-state index is 5.59. The first kappa shape index (κ1) is 19.8. The van der Waals surface area contributed by atoms with Crippen LogP contribution in [-0.2, 0) is 5.41 Å². The normalized spacial score (nSPS) is 25.7. The van der Waals surface area contributed by atoms with Crippen molar-refractivity contribution in [2.75, 3.05) is 33.2 Å². The number of rotatable bonds is 5. The minimum absolute atomic E-state index is 0.149. The van der Waals surface area contributed by atoms with E-state index in [1.54, 1.807) is 14.2 Å². The number of nitrogens with zero attached hydrogens (tertiary/aromatic N) is 2. The van der Waals surface area contributed by atoms with Gasteiger partial charge in [-0.05, 0) is 69.1 Å². The number of likely N-dealkylation sites (tertiary alicyclic amines) is 1. The van der Waals surface area contributed by atoms with Gasteiger partial charge in [-0.15, -0.1) is 0 Å². The molecule has 0 unspecified atom stereocenters. The standard InChI is InChI=1S/C24H31N3O2/c1-17-7-5-6-8-20(17)26-25-19-11-12-24(13-14-27(2)23(24)16-19)18-9-10-21(28-3)22(15-18)29-4/h5-10,15,23,26H,11-14,16H2,1-4H3/b25-19-/t23-,24-/m0/s1. The third-order valence-electron chi connectivity index (χ3n) is 6.81. The minimum atomic E-state index is 0.149. The van der Waals surface area contributed by atoms with Crippen LogP contribution < -0.4 is 14.9 Å². The van der Waals surface area contributed by atoms with Crippen molar-refractivity contribution in [2.24, 2.45) is 5.10 Å². The number of ether oxygens (including phenoxy) is 2. The van der Waals surface area contributed by atoms with Crippen molar-refractivity contribution < 1.29 is 9.47 Å². The monoisotopic (exact) mass is 393 g/mol. The second-order valence-electron chi connectivity index (χ2n) is 8.28. The number of nitrogens with one attached hydrogen (secondary N) is 1. The van der Waals surface area contributed by atoms with Gasteiger partial charge in [0.1, 0.15) is 0 Å². The zero-order chi connectivity index (χ0) is 20.4. The third kappa shape index (κ3) is 3.60. The highest BCUT2D eigenvalue weighted by Gasteiger charge is 2.49. The van der Waals surface area contributed by atoms with Crippen molar-refractivity contribution in [3.05, 3.63) is 53.6 Å². The molecule has 29 heavy (non-hydrogen) atoms. The lowest BCUT2D eigenvalue weighted by atomic mass is 9.65. The number of anilines is 1. The molecule has 5 nitrogen and oxygen atoms in total. The molecule has 1 saturated carbocycles. The Bertz CT molecular complexity index is 911. The summed E-state index contributed by atoms with van der Waals surface area (Å²) in [5, 5.41) is 4.79. The molecular weight excluding hydrogens is 362 g/mol. The summed E-state index contributed by atoms with van der Waals surface area (Å²) in [5.41, 5.74) is 8.35. The number of benzene rings is 2. The summed E-state index contributed by atoms with van der Waals surface area (Å²) in [6.07, 6.45) is 4.27. The maximum Gasteiger partial charge on any atom is 0.161 e. The highest BCUT2D eigenvalue weighted by molar-refractivity contribution is 5.87. The number of hydrazone groups is 1. The van der Waals surface area contributed by atoms with Gasteiger partial charge in [0.15, 0.2) is 11.5 Å². The summed E-state index contributed by atoms with van der Waals surface area (Å²) in [4.78, 5) is 2.50. The minimum Gasteiger partial charge on any atom is -0.493 e. The first-order valence-corrected chi connectivity index (χ1v) is 10.4. The lowest BCUT2D eigenvalue weighted by molar-refractivity contribution is 0.226. The SMILES string of the molecule is COc1ccc([C@@]23CC/C(=N/Nc4ccccc4C)C[C@@H]2N(C)CC3)cc1OC. The van der Waals surface area contributed by atoms with Crippen LogP contribution in [-0.4, -0.2) is 44.5 Å². The fraction of sp³-hybridized carbons (Fsp3) is 0.458. The Kier molecular flexibility index (Phi) is 5.50. The van der Waals surface area contributed by atoms with Gasteiger partial charge < -0.3 is 14.4 Å². The second-order valence-corrected chi connectivity index (χ2v) is 8.28. The average Bonchev–Trinajstić information content (AvgIpc) is 3.10. The molecule has 2 atom stereocenters. The van der Waals surface area contributed by atoms with E-state index in [0.29, 0.717) is 6.04 Å². The summed E-state index contributed by atoms with van der Waals surface area (Å²) in [7, 11) is 5.64. The van der Waals surface area contributed by atoms with E-state index in [4.69, 9.17) is 14.6 Å². The van der Waals surface area contributed by atoms with Gasteiger partial charge in [-0.2, -0.15) is 5.10 Å². The van der Waals surface area contributed by atoms with E-state index in [1.165, 1.54) is 23.3 Å². The van der Waals surface area contributed by atoms with Crippen LogP contribution in [0.2, 0.25) is 0 Å². The van der Waals surface area contributed by atoms with Crippen molar-refractivity contribution in [3.8, 4) is 11.5 Å². The topological polar surface area (TPSA) is 46.1 Å². The number of likely N-dealkylation sites (N-methyl/N-ethyl adjacent to an activating group) is 1. The molecule has 0 radical (unpaired) electrons. The smallest absolute Gasteiger partial charge is 0.161 e. The van der Waals surface area contributed by atoms with E-state index in [-0.39, 0.29) is 5.41 Å². The Morgan fingerprint density at radius 3 is 2.62 bits per heavy atom. The van der Waals surface area contributed by atoms with E-state index in [1.807, 2.05) is 12.1 Å². The fourth-order valence-electron chi connectivity index (χ4n) is 5.02. The van der Waals surface area contributed by atoms with Crippen molar-refractivity contribution in [1.82, 2.24) is 4.90 Å². The van der Waals surface area contributed by atoms with Crippen molar-refractivity contribution in [1.29, 1.82) is 0 Å². The number of aryl methyl sites for hydroxylation is 1. The largest absolute Gasteiger partial charge is 0.493 e. The number of fused-ring (bicyclic) bond motifs is 1. The van der Waals surface area contributed by atoms with Crippen LogP contribution in [0.15, 0.2) is 47.6 Å². The molecule has 1 N–H and O–H groups in total. The molecule has 1 aliphatic carbocycles. The summed E-state index contributed by atoms with van der Waals surface area (Å²) in [5.74, 6) is 1.60. The second kappa shape index (κ2) is 8.07. The van der Waals surface area contributed by atoms with E-state index < -0.39 is 0 Å². The number of methoxy groups -OCH3 is 2. The lowest BCUT2D eigenvalue weighted by Crippen LogP contribution is -2.46. The molecule has 2 aromatic carbocycles. The van der Waals surface area contributed by atoms with Crippen molar-refractivity contribution in [3.63, 3.8) is 0 Å². The van der Waals surface area contributed by atoms with Gasteiger partial charge in [0.05, 0.1) is 19.9 Å². The predicted octanol–water partition coefficient (Wildman–Crippen LogP) is 4.61. The molecule has 5 heteroatoms. The Morgan fingerprint density at radius 1 is 1.07 bits per heavy atom. The van der Waals surface area contributed by atoms with Crippen molar-refractivity contribution >= 4 is 11.4 Å². The van der Waals surface area contributed by atoms with Gasteiger partial charge in [0, 0.05) is 23.6 Å². The van der Waals surface area contributed by atoms with Gasteiger partial charge in [0.25, 0.3) is 0 Å². The Hall–Kier alpha value is -2.53. The Morgan fingerprint density at radius 2 is 1.86 bits per heavy atom. The predicted molar refractivity (Wildman–Crippen MR) is 118 cm³/mol. The van der Waals surface area contributed by atoms with Gasteiger partial charge in [-0.25, -0.2) is 0 Å². The zero-order valence-electron chi connectivity index (χ0n) is 17.9. The molecule has 2 fully saturated rings. The highest BCUT2D eigenvalue weighted by atomic mass is 16.5. The third-order valence-corrected chi connectivity index (χ3v) is 6.81. The molecule has 2 aromatic rings. The Labute approximate surface area is 173 Å². The van der Waals surface area contributed by atoms with Crippen molar-refractivity contribution in [2.45, 2.75) is 44.1 Å². The van der Waals surface area contributed by atoms with E-state index in [9.17, 15) is 0 Å². The molecule has 1 saturated heterocycles. The fourth-order valence-corrected chi connectivity index (χ4v) is 5.02. The molecule has 2 aliphatic rings. The summed E-state index contributed by atoms with van der Waals surface area (Å²) in [6.45, 7) is 3.22. The highest BCUT2D eigenvalue weighted by Crippen LogP contribution is 2.49. The molecule has 0 aromatic heterocycles. The van der Waals surface area contributed by atoms with Crippen LogP contribution in [0.5, 0.6) is 11.5 Å². The van der Waals surface area contributed by atoms with Gasteiger partial charge >= 0.3 is 0 Å². The summed E-state index contributed by atoms with van der Waals surface area (Å²) < 4.78 is 11.0. The first-order chi connectivity index (χ1) is 14.1. The average molecular weight is 394 g/mol. The van der Waals surface area contributed by atoms with E-state index >= 15 is 0 Å². The molecular formula is C24H31N3O2. The molecule has 1 aliphatic heterocycles. The van der Waals surface area contributed by atoms with Crippen LogP contribution in [0.25, 0.3) is 0 Å². The summed E-state index contributed by atoms with van der Waals surface area (Å²) >= 11 is 0. The van der Waals surface area contributed by atoms with Crippen LogP contribution in [0, 0.1) is 6.92 Å². The quantitative estimate of drug-likeness (QED) is 0.754. The van der Waals surface area contributed by atoms with Crippen LogP contribution in [0.3, 0.4) is 0 Å². The van der Waals surface area contributed by atoms with E-state index in [2.05, 4.69) is 54.6 Å². The molecule has 0 amide bonds.